The summed E-state index contributed by atoms with van der Waals surface area (Å²) in [7, 11) is 0. The lowest BCUT2D eigenvalue weighted by molar-refractivity contribution is -0.133. The van der Waals surface area contributed by atoms with E-state index < -0.39 is 12.1 Å². The molecule has 1 spiro atoms. The Hall–Kier alpha value is -2.93. The van der Waals surface area contributed by atoms with Crippen LogP contribution in [0.1, 0.15) is 54.8 Å². The van der Waals surface area contributed by atoms with E-state index in [1.807, 2.05) is 23.1 Å². The van der Waals surface area contributed by atoms with E-state index in [9.17, 15) is 9.59 Å². The molecule has 2 aliphatic heterocycles. The van der Waals surface area contributed by atoms with Crippen LogP contribution >= 0.6 is 11.6 Å². The maximum atomic E-state index is 13.5. The number of carbonyl (C=O) groups excluding carboxylic acids is 2. The highest BCUT2D eigenvalue weighted by Gasteiger charge is 2.44. The molecule has 3 aliphatic rings. The fourth-order valence-corrected chi connectivity index (χ4v) is 5.67. The molecule has 1 aliphatic carbocycles. The standard InChI is InChI=1S/C25H28ClN3O4/c26-18-5-3-16(4-6-18)20(28-24(27)31)13-23(30)29-14-17-11-21-22(33-10-9-32-21)12-19(17)25(15-29)7-1-2-8-25/h3-6,11-12,20H,1-2,7-10,13-15H2,(H3,27,28,31). The molecule has 5 rings (SSSR count). The Morgan fingerprint density at radius 3 is 2.42 bits per heavy atom. The van der Waals surface area contributed by atoms with Crippen molar-refractivity contribution in [1.82, 2.24) is 10.2 Å². The Kier molecular flexibility index (Phi) is 5.83. The smallest absolute Gasteiger partial charge is 0.312 e. The Labute approximate surface area is 198 Å². The molecular weight excluding hydrogens is 442 g/mol. The van der Waals surface area contributed by atoms with Crippen LogP contribution in [0.15, 0.2) is 36.4 Å². The summed E-state index contributed by atoms with van der Waals surface area (Å²) in [6.45, 7) is 2.27. The van der Waals surface area contributed by atoms with Gasteiger partial charge < -0.3 is 25.4 Å². The number of primary amides is 1. The number of rotatable bonds is 4. The van der Waals surface area contributed by atoms with Crippen LogP contribution in [0.25, 0.3) is 0 Å². The van der Waals surface area contributed by atoms with Gasteiger partial charge in [0.2, 0.25) is 5.91 Å². The molecule has 2 heterocycles. The van der Waals surface area contributed by atoms with E-state index in [-0.39, 0.29) is 17.7 Å². The van der Waals surface area contributed by atoms with Crippen LogP contribution in [0.4, 0.5) is 4.79 Å². The minimum atomic E-state index is -0.664. The number of ether oxygens (including phenoxy) is 2. The molecule has 2 aromatic carbocycles. The molecule has 1 saturated carbocycles. The van der Waals surface area contributed by atoms with Gasteiger partial charge in [0.1, 0.15) is 13.2 Å². The van der Waals surface area contributed by atoms with Crippen LogP contribution in [-0.2, 0) is 16.8 Å². The number of benzene rings is 2. The van der Waals surface area contributed by atoms with Crippen LogP contribution in [0.5, 0.6) is 11.5 Å². The third-order valence-corrected chi connectivity index (χ3v) is 7.33. The highest BCUT2D eigenvalue weighted by atomic mass is 35.5. The van der Waals surface area contributed by atoms with Crippen LogP contribution in [0, 0.1) is 0 Å². The molecule has 3 amide bonds. The lowest BCUT2D eigenvalue weighted by atomic mass is 9.73. The molecule has 3 N–H and O–H groups in total. The Morgan fingerprint density at radius 1 is 1.09 bits per heavy atom. The van der Waals surface area contributed by atoms with Crippen LogP contribution in [-0.4, -0.2) is 36.6 Å². The lowest BCUT2D eigenvalue weighted by Crippen LogP contribution is -2.48. The molecule has 1 unspecified atom stereocenters. The number of carbonyl (C=O) groups is 2. The van der Waals surface area contributed by atoms with Gasteiger partial charge in [-0.3, -0.25) is 4.79 Å². The summed E-state index contributed by atoms with van der Waals surface area (Å²) in [6, 6.07) is 10.1. The van der Waals surface area contributed by atoms with Gasteiger partial charge in [0.25, 0.3) is 0 Å². The second-order valence-electron chi connectivity index (χ2n) is 9.21. The first-order valence-corrected chi connectivity index (χ1v) is 11.8. The van der Waals surface area contributed by atoms with E-state index in [1.54, 1.807) is 12.1 Å². The molecule has 174 valence electrons. The maximum Gasteiger partial charge on any atom is 0.312 e. The first-order chi connectivity index (χ1) is 15.9. The van der Waals surface area contributed by atoms with Crippen molar-refractivity contribution in [1.29, 1.82) is 0 Å². The molecule has 1 atom stereocenters. The summed E-state index contributed by atoms with van der Waals surface area (Å²) in [5, 5.41) is 3.31. The van der Waals surface area contributed by atoms with Crippen molar-refractivity contribution in [2.24, 2.45) is 5.73 Å². The normalized spacial score (nSPS) is 19.1. The van der Waals surface area contributed by atoms with Gasteiger partial charge in [-0.1, -0.05) is 36.6 Å². The van der Waals surface area contributed by atoms with E-state index in [2.05, 4.69) is 11.4 Å². The highest BCUT2D eigenvalue weighted by Crippen LogP contribution is 2.49. The van der Waals surface area contributed by atoms with Gasteiger partial charge in [-0.05, 0) is 53.8 Å². The summed E-state index contributed by atoms with van der Waals surface area (Å²) >= 11 is 6.01. The maximum absolute atomic E-state index is 13.5. The van der Waals surface area contributed by atoms with Gasteiger partial charge in [-0.2, -0.15) is 0 Å². The lowest BCUT2D eigenvalue weighted by Gasteiger charge is -2.43. The first kappa shape index (κ1) is 21.9. The Morgan fingerprint density at radius 2 is 1.76 bits per heavy atom. The zero-order valence-corrected chi connectivity index (χ0v) is 19.2. The monoisotopic (exact) mass is 469 g/mol. The first-order valence-electron chi connectivity index (χ1n) is 11.5. The third kappa shape index (κ3) is 4.34. The molecule has 0 radical (unpaired) electrons. The summed E-state index contributed by atoms with van der Waals surface area (Å²) in [5.41, 5.74) is 8.54. The SMILES string of the molecule is NC(=O)NC(CC(=O)N1Cc2cc3c(cc2C2(CCCC2)C1)OCCO3)c1ccc(Cl)cc1. The minimum Gasteiger partial charge on any atom is -0.486 e. The van der Waals surface area contributed by atoms with Crippen LogP contribution in [0.2, 0.25) is 5.02 Å². The zero-order valence-electron chi connectivity index (χ0n) is 18.4. The molecule has 33 heavy (non-hydrogen) atoms. The largest absolute Gasteiger partial charge is 0.486 e. The quantitative estimate of drug-likeness (QED) is 0.705. The third-order valence-electron chi connectivity index (χ3n) is 7.08. The molecule has 0 bridgehead atoms. The van der Waals surface area contributed by atoms with Crippen molar-refractivity contribution in [3.63, 3.8) is 0 Å². The number of amides is 3. The van der Waals surface area contributed by atoms with Crippen molar-refractivity contribution in [3.8, 4) is 11.5 Å². The zero-order chi connectivity index (χ0) is 23.0. The second kappa shape index (κ2) is 8.78. The number of nitrogens with zero attached hydrogens (tertiary/aromatic N) is 1. The molecule has 1 fully saturated rings. The Bertz CT molecular complexity index is 1070. The number of hydrogen-bond acceptors (Lipinski definition) is 4. The fraction of sp³-hybridized carbons (Fsp3) is 0.440. The molecular formula is C25H28ClN3O4. The van der Waals surface area contributed by atoms with E-state index in [0.717, 1.165) is 48.3 Å². The number of halogens is 1. The van der Waals surface area contributed by atoms with Gasteiger partial charge in [0, 0.05) is 23.5 Å². The average molecular weight is 470 g/mol. The molecule has 0 aromatic heterocycles. The van der Waals surface area contributed by atoms with Crippen molar-refractivity contribution < 1.29 is 19.1 Å². The van der Waals surface area contributed by atoms with Gasteiger partial charge in [-0.25, -0.2) is 4.79 Å². The van der Waals surface area contributed by atoms with Crippen molar-refractivity contribution in [3.05, 3.63) is 58.1 Å². The molecule has 8 heteroatoms. The van der Waals surface area contributed by atoms with Gasteiger partial charge in [0.05, 0.1) is 12.5 Å². The van der Waals surface area contributed by atoms with E-state index >= 15 is 0 Å². The number of fused-ring (bicyclic) bond motifs is 3. The van der Waals surface area contributed by atoms with Crippen molar-refractivity contribution in [2.75, 3.05) is 19.8 Å². The summed E-state index contributed by atoms with van der Waals surface area (Å²) in [4.78, 5) is 27.1. The predicted octanol–water partition coefficient (Wildman–Crippen LogP) is 4.06. The van der Waals surface area contributed by atoms with E-state index in [0.29, 0.717) is 31.3 Å². The highest BCUT2D eigenvalue weighted by molar-refractivity contribution is 6.30. The minimum absolute atomic E-state index is 0.0180. The number of nitrogens with one attached hydrogen (secondary N) is 1. The Balaban J connectivity index is 1.42. The number of nitrogens with two attached hydrogens (primary N) is 1. The molecule has 7 nitrogen and oxygen atoms in total. The number of urea groups is 1. The van der Waals surface area contributed by atoms with Gasteiger partial charge >= 0.3 is 6.03 Å². The van der Waals surface area contributed by atoms with Crippen LogP contribution in [0.3, 0.4) is 0 Å². The molecule has 2 aromatic rings. The van der Waals surface area contributed by atoms with Gasteiger partial charge in [-0.15, -0.1) is 0 Å². The van der Waals surface area contributed by atoms with Gasteiger partial charge in [0.15, 0.2) is 11.5 Å². The predicted molar refractivity (Wildman–Crippen MR) is 125 cm³/mol. The van der Waals surface area contributed by atoms with Crippen molar-refractivity contribution in [2.45, 2.75) is 50.1 Å². The second-order valence-corrected chi connectivity index (χ2v) is 9.64. The van der Waals surface area contributed by atoms with Crippen LogP contribution < -0.4 is 20.5 Å². The molecule has 0 saturated heterocycles. The number of hydrogen-bond donors (Lipinski definition) is 2. The summed E-state index contributed by atoms with van der Waals surface area (Å²) in [6.07, 6.45) is 4.51. The summed E-state index contributed by atoms with van der Waals surface area (Å²) < 4.78 is 11.7. The summed E-state index contributed by atoms with van der Waals surface area (Å²) in [5.74, 6) is 1.53. The fourth-order valence-electron chi connectivity index (χ4n) is 5.55. The van der Waals surface area contributed by atoms with Crippen molar-refractivity contribution >= 4 is 23.5 Å². The topological polar surface area (TPSA) is 93.9 Å². The van der Waals surface area contributed by atoms with E-state index in [4.69, 9.17) is 26.8 Å². The van der Waals surface area contributed by atoms with E-state index in [1.165, 1.54) is 5.56 Å². The average Bonchev–Trinajstić information content (AvgIpc) is 3.26.